The summed E-state index contributed by atoms with van der Waals surface area (Å²) in [6, 6.07) is 9.20. The van der Waals surface area contributed by atoms with E-state index in [1.54, 1.807) is 42.2 Å². The van der Waals surface area contributed by atoms with Crippen molar-refractivity contribution >= 4 is 35.8 Å². The van der Waals surface area contributed by atoms with E-state index in [0.717, 1.165) is 12.8 Å². The molecule has 3 heterocycles. The van der Waals surface area contributed by atoms with Gasteiger partial charge in [-0.25, -0.2) is 9.48 Å². The van der Waals surface area contributed by atoms with Crippen LogP contribution >= 0.6 is 0 Å². The number of para-hydroxylation sites is 1. The lowest BCUT2D eigenvalue weighted by atomic mass is 10.1. The minimum absolute atomic E-state index is 0.0399. The van der Waals surface area contributed by atoms with Crippen LogP contribution < -0.4 is 15.4 Å². The monoisotopic (exact) mass is 683 g/mol. The van der Waals surface area contributed by atoms with Crippen LogP contribution in [0.4, 0.5) is 4.79 Å². The van der Waals surface area contributed by atoms with Crippen molar-refractivity contribution < 1.29 is 48.2 Å². The van der Waals surface area contributed by atoms with Gasteiger partial charge in [0.2, 0.25) is 17.7 Å². The smallest absolute Gasteiger partial charge is 0.481 e. The summed E-state index contributed by atoms with van der Waals surface area (Å²) in [7, 11) is 0. The van der Waals surface area contributed by atoms with Crippen molar-refractivity contribution in [1.29, 1.82) is 0 Å². The molecular weight excluding hydrogens is 642 g/mol. The minimum atomic E-state index is -1.19. The first-order valence-corrected chi connectivity index (χ1v) is 16.4. The fourth-order valence-corrected chi connectivity index (χ4v) is 5.53. The summed E-state index contributed by atoms with van der Waals surface area (Å²) in [5, 5.41) is 20.7. The number of carbonyl (C=O) groups is 6. The number of nitrogens with one attached hydrogen (secondary N) is 2. The molecule has 1 unspecified atom stereocenters. The van der Waals surface area contributed by atoms with Gasteiger partial charge in [-0.1, -0.05) is 18.2 Å². The minimum Gasteiger partial charge on any atom is -0.481 e. The van der Waals surface area contributed by atoms with Gasteiger partial charge in [0.25, 0.3) is 11.8 Å². The Bertz CT molecular complexity index is 1520. The first kappa shape index (κ1) is 35.1. The maximum Gasteiger partial charge on any atom is 0.527 e. The van der Waals surface area contributed by atoms with Crippen molar-refractivity contribution in [3.63, 3.8) is 0 Å². The second-order valence-corrected chi connectivity index (χ2v) is 12.0. The number of carboxylic acid groups (broad SMARTS) is 1. The number of aromatic nitrogens is 2. The van der Waals surface area contributed by atoms with Crippen LogP contribution in [0.1, 0.15) is 49.5 Å². The number of likely N-dealkylation sites (tertiary alicyclic amines) is 1. The van der Waals surface area contributed by atoms with Gasteiger partial charge in [0.1, 0.15) is 6.04 Å². The first-order chi connectivity index (χ1) is 23.6. The van der Waals surface area contributed by atoms with Crippen molar-refractivity contribution in [2.75, 3.05) is 52.5 Å². The molecule has 1 saturated carbocycles. The van der Waals surface area contributed by atoms with Crippen LogP contribution in [0.5, 0.6) is 5.88 Å². The molecule has 3 aliphatic rings. The van der Waals surface area contributed by atoms with Crippen molar-refractivity contribution in [3.8, 4) is 11.6 Å². The predicted molar refractivity (Wildman–Crippen MR) is 169 cm³/mol. The van der Waals surface area contributed by atoms with E-state index in [4.69, 9.17) is 14.3 Å². The highest BCUT2D eigenvalue weighted by Crippen LogP contribution is 2.24. The highest BCUT2D eigenvalue weighted by molar-refractivity contribution is 5.96. The zero-order valence-electron chi connectivity index (χ0n) is 27.2. The Morgan fingerprint density at radius 1 is 0.980 bits per heavy atom. The van der Waals surface area contributed by atoms with Gasteiger partial charge >= 0.3 is 12.1 Å². The quantitative estimate of drug-likeness (QED) is 0.234. The van der Waals surface area contributed by atoms with Gasteiger partial charge < -0.3 is 39.9 Å². The summed E-state index contributed by atoms with van der Waals surface area (Å²) in [5.41, 5.74) is 0.425. The van der Waals surface area contributed by atoms with Crippen LogP contribution in [0.15, 0.2) is 36.4 Å². The van der Waals surface area contributed by atoms with Gasteiger partial charge in [-0.05, 0) is 44.7 Å². The summed E-state index contributed by atoms with van der Waals surface area (Å²) >= 11 is 0. The highest BCUT2D eigenvalue weighted by Gasteiger charge is 2.35. The Morgan fingerprint density at radius 2 is 1.71 bits per heavy atom. The van der Waals surface area contributed by atoms with Gasteiger partial charge in [-0.15, -0.1) is 5.06 Å². The molecule has 1 aliphatic carbocycles. The summed E-state index contributed by atoms with van der Waals surface area (Å²) < 4.78 is 12.0. The molecule has 264 valence electrons. The number of nitrogens with zero attached hydrogens (tertiary/aromatic N) is 5. The maximum atomic E-state index is 13.5. The molecule has 2 aliphatic heterocycles. The molecule has 0 radical (unpaired) electrons. The van der Waals surface area contributed by atoms with E-state index < -0.39 is 30.0 Å². The largest absolute Gasteiger partial charge is 0.527 e. The maximum absolute atomic E-state index is 13.5. The number of amides is 4. The average molecular weight is 684 g/mol. The van der Waals surface area contributed by atoms with Gasteiger partial charge in [0.15, 0.2) is 12.3 Å². The van der Waals surface area contributed by atoms with Crippen molar-refractivity contribution in [3.05, 3.63) is 42.1 Å². The molecule has 1 aromatic carbocycles. The predicted octanol–water partition coefficient (Wildman–Crippen LogP) is 0.574. The number of hydrogen-bond donors (Lipinski definition) is 3. The average Bonchev–Trinajstić information content (AvgIpc) is 3.58. The Labute approximate surface area is 282 Å². The van der Waals surface area contributed by atoms with Crippen LogP contribution in [0.25, 0.3) is 5.69 Å². The Morgan fingerprint density at radius 3 is 2.39 bits per heavy atom. The third-order valence-corrected chi connectivity index (χ3v) is 8.36. The number of carboxylic acids is 1. The number of benzene rings is 1. The van der Waals surface area contributed by atoms with Gasteiger partial charge in [-0.3, -0.25) is 24.0 Å². The second kappa shape index (κ2) is 16.3. The van der Waals surface area contributed by atoms with Crippen LogP contribution in [-0.2, 0) is 28.8 Å². The molecule has 3 N–H and O–H groups in total. The number of hydrogen-bond acceptors (Lipinski definition) is 11. The molecule has 2 saturated heterocycles. The topological polar surface area (TPSA) is 202 Å². The molecule has 17 heteroatoms. The Kier molecular flexibility index (Phi) is 11.7. The van der Waals surface area contributed by atoms with Crippen molar-refractivity contribution in [2.24, 2.45) is 5.92 Å². The molecule has 2 atom stereocenters. The number of rotatable bonds is 14. The van der Waals surface area contributed by atoms with E-state index >= 15 is 0 Å². The Hall–Kier alpha value is -5.19. The van der Waals surface area contributed by atoms with E-state index in [1.807, 2.05) is 0 Å². The van der Waals surface area contributed by atoms with E-state index in [0.29, 0.717) is 25.2 Å². The Balaban J connectivity index is 1.23. The molecule has 49 heavy (non-hydrogen) atoms. The zero-order valence-corrected chi connectivity index (χ0v) is 27.2. The molecule has 0 bridgehead atoms. The number of piperazine rings is 1. The standard InChI is InChI=1S/C32H41N7O10/c1-2-47-32(46)49-38-16-14-36(15-17-38)31(45)24(10-11-28(41)42)34-30(44)25-18-27(39(35-25)23-6-4-3-5-7-23)48-20-26(40)37-13-12-21(19-37)29(43)33-22-8-9-22/h3-7,18,21-22,24H,2,8-17,19-20H2,1H3,(H,33,43)(H,34,44)(H,41,42)/t21?,24-/m0/s1. The summed E-state index contributed by atoms with van der Waals surface area (Å²) in [5.74, 6) is -2.91. The number of carbonyl (C=O) groups excluding carboxylic acids is 5. The lowest BCUT2D eigenvalue weighted by Gasteiger charge is -2.35. The number of aliphatic carboxylic acids is 1. The molecule has 17 nitrogen and oxygen atoms in total. The fourth-order valence-electron chi connectivity index (χ4n) is 5.53. The molecule has 1 aromatic heterocycles. The van der Waals surface area contributed by atoms with Crippen molar-refractivity contribution in [1.82, 2.24) is 35.3 Å². The summed E-state index contributed by atoms with van der Waals surface area (Å²) in [4.78, 5) is 83.6. The first-order valence-electron chi connectivity index (χ1n) is 16.4. The van der Waals surface area contributed by atoms with Crippen LogP contribution in [0, 0.1) is 5.92 Å². The number of hydroxylamine groups is 2. The van der Waals surface area contributed by atoms with Crippen LogP contribution in [-0.4, -0.2) is 130 Å². The summed E-state index contributed by atoms with van der Waals surface area (Å²) in [6.07, 6.45) is 1.13. The van der Waals surface area contributed by atoms with Gasteiger partial charge in [-0.2, -0.15) is 5.10 Å². The SMILES string of the molecule is CCOC(=O)ON1CCN(C(=O)[C@H](CCC(=O)O)NC(=O)c2cc(OCC(=O)N3CCC(C(=O)NC4CC4)C3)n(-c3ccccc3)n2)CC1. The van der Waals surface area contributed by atoms with Crippen LogP contribution in [0.2, 0.25) is 0 Å². The molecule has 5 rings (SSSR count). The molecular formula is C32H41N7O10. The fraction of sp³-hybridized carbons (Fsp3) is 0.531. The third kappa shape index (κ3) is 9.68. The highest BCUT2D eigenvalue weighted by atomic mass is 16.8. The normalized spacial score (nSPS) is 18.3. The molecule has 3 fully saturated rings. The number of ether oxygens (including phenoxy) is 2. The molecule has 4 amide bonds. The third-order valence-electron chi connectivity index (χ3n) is 8.36. The van der Waals surface area contributed by atoms with E-state index in [2.05, 4.69) is 15.7 Å². The van der Waals surface area contributed by atoms with Crippen LogP contribution in [0.3, 0.4) is 0 Å². The second-order valence-electron chi connectivity index (χ2n) is 12.0. The molecule has 0 spiro atoms. The van der Waals surface area contributed by atoms with E-state index in [9.17, 15) is 33.9 Å². The van der Waals surface area contributed by atoms with E-state index in [-0.39, 0.29) is 87.6 Å². The lowest BCUT2D eigenvalue weighted by molar-refractivity contribution is -0.157. The van der Waals surface area contributed by atoms with Crippen molar-refractivity contribution in [2.45, 2.75) is 51.1 Å². The van der Waals surface area contributed by atoms with Gasteiger partial charge in [0, 0.05) is 44.7 Å². The van der Waals surface area contributed by atoms with E-state index in [1.165, 1.54) is 20.7 Å². The lowest BCUT2D eigenvalue weighted by Crippen LogP contribution is -2.55. The molecule has 2 aromatic rings. The summed E-state index contributed by atoms with van der Waals surface area (Å²) in [6.45, 7) is 2.87. The zero-order chi connectivity index (χ0) is 34.9. The van der Waals surface area contributed by atoms with Gasteiger partial charge in [0.05, 0.1) is 31.3 Å².